The Hall–Kier alpha value is -2.83. The number of aryl methyl sites for hydroxylation is 1. The topological polar surface area (TPSA) is 34.2 Å². The van der Waals surface area contributed by atoms with Crippen molar-refractivity contribution >= 4 is 17.7 Å². The van der Waals surface area contributed by atoms with Gasteiger partial charge in [-0.05, 0) is 61.0 Å². The van der Waals surface area contributed by atoms with Gasteiger partial charge in [0.15, 0.2) is 11.5 Å². The monoisotopic (exact) mass is 450 g/mol. The van der Waals surface area contributed by atoms with E-state index >= 15 is 0 Å². The molecule has 0 aromatic heterocycles. The molecule has 0 bridgehead atoms. The quantitative estimate of drug-likeness (QED) is 0.426. The van der Waals surface area contributed by atoms with Gasteiger partial charge in [-0.3, -0.25) is 4.90 Å². The fraction of sp³-hybridized carbons (Fsp3) is 0.308. The molecule has 1 aliphatic rings. The van der Waals surface area contributed by atoms with E-state index in [1.54, 1.807) is 14.2 Å². The van der Waals surface area contributed by atoms with Crippen LogP contribution >= 0.6 is 12.0 Å². The van der Waals surface area contributed by atoms with Gasteiger partial charge in [-0.1, -0.05) is 23.8 Å². The molecule has 168 valence electrons. The van der Waals surface area contributed by atoms with Gasteiger partial charge >= 0.3 is 0 Å². The van der Waals surface area contributed by atoms with Crippen LogP contribution in [0.4, 0.5) is 5.69 Å². The molecule has 1 aliphatic heterocycles. The van der Waals surface area contributed by atoms with E-state index in [1.807, 2.05) is 18.2 Å². The second-order valence-corrected chi connectivity index (χ2v) is 8.73. The SMILES string of the molecule is COc1ccc(CN2CCN(c3ccc(OSc4ccc(C)cc4)cc3)CC2)cc1OC. The third-order valence-corrected chi connectivity index (χ3v) is 6.42. The molecule has 0 amide bonds. The summed E-state index contributed by atoms with van der Waals surface area (Å²) >= 11 is 1.39. The molecule has 0 unspecified atom stereocenters. The van der Waals surface area contributed by atoms with E-state index in [2.05, 4.69) is 65.3 Å². The standard InChI is InChI=1S/C26H30N2O3S/c1-20-4-11-24(12-5-20)32-31-23-9-7-22(8-10-23)28-16-14-27(15-17-28)19-21-6-13-25(29-2)26(18-21)30-3/h4-13,18H,14-17,19H2,1-3H3. The summed E-state index contributed by atoms with van der Waals surface area (Å²) < 4.78 is 16.6. The zero-order valence-electron chi connectivity index (χ0n) is 18.9. The van der Waals surface area contributed by atoms with Gasteiger partial charge in [0, 0.05) is 43.3 Å². The lowest BCUT2D eigenvalue weighted by atomic mass is 10.1. The van der Waals surface area contributed by atoms with E-state index in [0.717, 1.165) is 54.9 Å². The predicted molar refractivity (Wildman–Crippen MR) is 131 cm³/mol. The number of anilines is 1. The first-order valence-electron chi connectivity index (χ1n) is 10.8. The lowest BCUT2D eigenvalue weighted by Crippen LogP contribution is -2.45. The second kappa shape index (κ2) is 10.7. The van der Waals surface area contributed by atoms with E-state index in [9.17, 15) is 0 Å². The van der Waals surface area contributed by atoms with Gasteiger partial charge in [-0.2, -0.15) is 0 Å². The summed E-state index contributed by atoms with van der Waals surface area (Å²) in [6, 6.07) is 22.9. The lowest BCUT2D eigenvalue weighted by Gasteiger charge is -2.36. The first-order chi connectivity index (χ1) is 15.6. The van der Waals surface area contributed by atoms with E-state index in [4.69, 9.17) is 13.7 Å². The Morgan fingerprint density at radius 3 is 2.12 bits per heavy atom. The van der Waals surface area contributed by atoms with Crippen molar-refractivity contribution in [2.24, 2.45) is 0 Å². The highest BCUT2D eigenvalue weighted by atomic mass is 32.2. The average Bonchev–Trinajstić information content (AvgIpc) is 2.84. The lowest BCUT2D eigenvalue weighted by molar-refractivity contribution is 0.249. The minimum Gasteiger partial charge on any atom is -0.493 e. The molecule has 0 N–H and O–H groups in total. The van der Waals surface area contributed by atoms with Crippen LogP contribution in [0.2, 0.25) is 0 Å². The maximum absolute atomic E-state index is 5.86. The van der Waals surface area contributed by atoms with Crippen molar-refractivity contribution in [3.63, 3.8) is 0 Å². The van der Waals surface area contributed by atoms with Crippen LogP contribution in [-0.2, 0) is 6.54 Å². The van der Waals surface area contributed by atoms with Crippen LogP contribution in [0.5, 0.6) is 17.2 Å². The number of ether oxygens (including phenoxy) is 2. The molecule has 1 saturated heterocycles. The zero-order chi connectivity index (χ0) is 22.3. The molecule has 1 heterocycles. The molecule has 4 rings (SSSR count). The van der Waals surface area contributed by atoms with Gasteiger partial charge < -0.3 is 18.6 Å². The van der Waals surface area contributed by atoms with Crippen LogP contribution in [0.15, 0.2) is 71.6 Å². The summed E-state index contributed by atoms with van der Waals surface area (Å²) in [7, 11) is 3.34. The van der Waals surface area contributed by atoms with Gasteiger partial charge in [0.1, 0.15) is 5.75 Å². The largest absolute Gasteiger partial charge is 0.493 e. The van der Waals surface area contributed by atoms with Crippen molar-refractivity contribution in [2.45, 2.75) is 18.4 Å². The van der Waals surface area contributed by atoms with Crippen LogP contribution in [-0.4, -0.2) is 45.3 Å². The summed E-state index contributed by atoms with van der Waals surface area (Å²) in [5.74, 6) is 2.42. The van der Waals surface area contributed by atoms with Gasteiger partial charge in [-0.25, -0.2) is 0 Å². The Bertz CT molecular complexity index is 1000. The molecule has 0 radical (unpaired) electrons. The van der Waals surface area contributed by atoms with Crippen LogP contribution in [0.25, 0.3) is 0 Å². The predicted octanol–water partition coefficient (Wildman–Crippen LogP) is 5.42. The summed E-state index contributed by atoms with van der Waals surface area (Å²) in [6.07, 6.45) is 0. The Kier molecular flexibility index (Phi) is 7.45. The number of hydrogen-bond donors (Lipinski definition) is 0. The Labute approximate surface area is 195 Å². The van der Waals surface area contributed by atoms with Gasteiger partial charge in [0.2, 0.25) is 0 Å². The second-order valence-electron chi connectivity index (χ2n) is 7.93. The molecule has 5 nitrogen and oxygen atoms in total. The number of methoxy groups -OCH3 is 2. The first kappa shape index (κ1) is 22.4. The molecular weight excluding hydrogens is 420 g/mol. The van der Waals surface area contributed by atoms with E-state index in [1.165, 1.54) is 28.9 Å². The Morgan fingerprint density at radius 2 is 1.47 bits per heavy atom. The summed E-state index contributed by atoms with van der Waals surface area (Å²) in [6.45, 7) is 7.06. The molecule has 0 saturated carbocycles. The zero-order valence-corrected chi connectivity index (χ0v) is 19.7. The molecular formula is C26H30N2O3S. The van der Waals surface area contributed by atoms with Crippen LogP contribution in [0.1, 0.15) is 11.1 Å². The number of hydrogen-bond acceptors (Lipinski definition) is 6. The summed E-state index contributed by atoms with van der Waals surface area (Å²) in [4.78, 5) is 6.01. The fourth-order valence-corrected chi connectivity index (χ4v) is 4.35. The van der Waals surface area contributed by atoms with Crippen molar-refractivity contribution < 1.29 is 13.7 Å². The Balaban J connectivity index is 1.27. The Morgan fingerprint density at radius 1 is 0.781 bits per heavy atom. The third kappa shape index (κ3) is 5.69. The molecule has 0 spiro atoms. The normalized spacial score (nSPS) is 14.3. The maximum Gasteiger partial charge on any atom is 0.161 e. The van der Waals surface area contributed by atoms with Crippen LogP contribution in [0.3, 0.4) is 0 Å². The highest BCUT2D eigenvalue weighted by Gasteiger charge is 2.18. The van der Waals surface area contributed by atoms with E-state index in [0.29, 0.717) is 0 Å². The number of piperazine rings is 1. The highest BCUT2D eigenvalue weighted by Crippen LogP contribution is 2.29. The first-order valence-corrected chi connectivity index (χ1v) is 11.6. The number of benzene rings is 3. The summed E-state index contributed by atoms with van der Waals surface area (Å²) in [5.41, 5.74) is 3.73. The molecule has 0 atom stereocenters. The van der Waals surface area contributed by atoms with Crippen molar-refractivity contribution in [1.82, 2.24) is 4.90 Å². The molecule has 0 aliphatic carbocycles. The van der Waals surface area contributed by atoms with Crippen molar-refractivity contribution in [1.29, 1.82) is 0 Å². The fourth-order valence-electron chi connectivity index (χ4n) is 3.80. The molecule has 1 fully saturated rings. The van der Waals surface area contributed by atoms with E-state index in [-0.39, 0.29) is 0 Å². The van der Waals surface area contributed by atoms with Crippen LogP contribution < -0.4 is 18.6 Å². The third-order valence-electron chi connectivity index (χ3n) is 5.68. The smallest absolute Gasteiger partial charge is 0.161 e. The van der Waals surface area contributed by atoms with Gasteiger partial charge in [0.05, 0.1) is 26.3 Å². The van der Waals surface area contributed by atoms with Crippen molar-refractivity contribution in [3.8, 4) is 17.2 Å². The molecule has 3 aromatic carbocycles. The number of nitrogens with zero attached hydrogens (tertiary/aromatic N) is 2. The van der Waals surface area contributed by atoms with Crippen molar-refractivity contribution in [2.75, 3.05) is 45.3 Å². The van der Waals surface area contributed by atoms with Crippen molar-refractivity contribution in [3.05, 3.63) is 77.9 Å². The molecule has 32 heavy (non-hydrogen) atoms. The highest BCUT2D eigenvalue weighted by molar-refractivity contribution is 7.95. The van der Waals surface area contributed by atoms with E-state index < -0.39 is 0 Å². The van der Waals surface area contributed by atoms with Gasteiger partial charge in [0.25, 0.3) is 0 Å². The number of rotatable bonds is 8. The minimum atomic E-state index is 0.769. The maximum atomic E-state index is 5.86. The van der Waals surface area contributed by atoms with Crippen LogP contribution in [0, 0.1) is 6.92 Å². The van der Waals surface area contributed by atoms with Gasteiger partial charge in [-0.15, -0.1) is 0 Å². The molecule has 3 aromatic rings. The molecule has 6 heteroatoms. The minimum absolute atomic E-state index is 0.769. The summed E-state index contributed by atoms with van der Waals surface area (Å²) in [5, 5.41) is 0. The average molecular weight is 451 g/mol.